The first-order valence-corrected chi connectivity index (χ1v) is 6.56. The van der Waals surface area contributed by atoms with E-state index in [2.05, 4.69) is 0 Å². The van der Waals surface area contributed by atoms with Gasteiger partial charge in [-0.25, -0.2) is 4.79 Å². The molecule has 0 spiro atoms. The lowest BCUT2D eigenvalue weighted by atomic mass is 10.1. The summed E-state index contributed by atoms with van der Waals surface area (Å²) < 4.78 is 10.3. The second-order valence-electron chi connectivity index (χ2n) is 4.86. The fourth-order valence-electron chi connectivity index (χ4n) is 1.57. The van der Waals surface area contributed by atoms with E-state index in [4.69, 9.17) is 9.47 Å². The molecular weight excluding hydrogens is 244 g/mol. The van der Waals surface area contributed by atoms with Gasteiger partial charge in [0.25, 0.3) is 0 Å². The van der Waals surface area contributed by atoms with Gasteiger partial charge in [-0.2, -0.15) is 0 Å². The first kappa shape index (κ1) is 15.5. The summed E-state index contributed by atoms with van der Waals surface area (Å²) >= 11 is 0. The number of hydrogen-bond donors (Lipinski definition) is 1. The lowest BCUT2D eigenvalue weighted by Gasteiger charge is -2.10. The lowest BCUT2D eigenvalue weighted by Crippen LogP contribution is -2.18. The van der Waals surface area contributed by atoms with E-state index >= 15 is 0 Å². The maximum atomic E-state index is 11.3. The molecule has 1 aromatic carbocycles. The molecule has 1 unspecified atom stereocenters. The Morgan fingerprint density at radius 3 is 2.37 bits per heavy atom. The highest BCUT2D eigenvalue weighted by atomic mass is 16.6. The van der Waals surface area contributed by atoms with Gasteiger partial charge in [-0.05, 0) is 51.3 Å². The number of benzene rings is 1. The molecule has 4 heteroatoms. The fourth-order valence-corrected chi connectivity index (χ4v) is 1.57. The number of aliphatic hydroxyl groups excluding tert-OH is 1. The Balaban J connectivity index is 2.37. The van der Waals surface area contributed by atoms with Crippen LogP contribution in [-0.2, 0) is 16.0 Å². The van der Waals surface area contributed by atoms with Crippen molar-refractivity contribution in [2.45, 2.75) is 45.8 Å². The van der Waals surface area contributed by atoms with Gasteiger partial charge in [-0.15, -0.1) is 0 Å². The van der Waals surface area contributed by atoms with Gasteiger partial charge in [0.05, 0.1) is 12.2 Å². The number of carbonyl (C=O) groups is 1. The molecule has 0 aliphatic heterocycles. The van der Waals surface area contributed by atoms with Crippen LogP contribution < -0.4 is 4.74 Å². The van der Waals surface area contributed by atoms with Gasteiger partial charge in [-0.3, -0.25) is 0 Å². The minimum atomic E-state index is -0.367. The van der Waals surface area contributed by atoms with Crippen molar-refractivity contribution < 1.29 is 19.4 Å². The number of carbonyl (C=O) groups excluding carboxylic acids is 1. The smallest absolute Gasteiger partial charge is 0.344 e. The third-order valence-corrected chi connectivity index (χ3v) is 2.50. The van der Waals surface area contributed by atoms with Crippen molar-refractivity contribution in [2.75, 3.05) is 6.61 Å². The van der Waals surface area contributed by atoms with Crippen LogP contribution in [0.15, 0.2) is 24.3 Å². The fraction of sp³-hybridized carbons (Fsp3) is 0.533. The zero-order valence-electron chi connectivity index (χ0n) is 11.8. The van der Waals surface area contributed by atoms with Gasteiger partial charge in [-0.1, -0.05) is 12.1 Å². The van der Waals surface area contributed by atoms with Crippen LogP contribution >= 0.6 is 0 Å². The van der Waals surface area contributed by atoms with Crippen LogP contribution in [0.2, 0.25) is 0 Å². The Morgan fingerprint density at radius 2 is 1.84 bits per heavy atom. The third-order valence-electron chi connectivity index (χ3n) is 2.50. The summed E-state index contributed by atoms with van der Waals surface area (Å²) in [5.74, 6) is 0.273. The molecule has 0 bridgehead atoms. The molecule has 1 atom stereocenters. The average Bonchev–Trinajstić information content (AvgIpc) is 2.34. The highest BCUT2D eigenvalue weighted by Crippen LogP contribution is 2.14. The minimum Gasteiger partial charge on any atom is -0.482 e. The predicted octanol–water partition coefficient (Wildman–Crippen LogP) is 2.33. The standard InChI is InChI=1S/C15H22O4/c1-11(2)19-15(17)10-18-14-8-6-13(7-9-14)5-4-12(3)16/h6-9,11-12,16H,4-5,10H2,1-3H3. The number of aliphatic hydroxyl groups is 1. The van der Waals surface area contributed by atoms with Crippen LogP contribution in [0.4, 0.5) is 0 Å². The van der Waals surface area contributed by atoms with E-state index in [1.807, 2.05) is 24.3 Å². The Hall–Kier alpha value is -1.55. The number of ether oxygens (including phenoxy) is 2. The third kappa shape index (κ3) is 6.82. The van der Waals surface area contributed by atoms with Crippen molar-refractivity contribution in [3.63, 3.8) is 0 Å². The zero-order valence-corrected chi connectivity index (χ0v) is 11.8. The number of rotatable bonds is 7. The van der Waals surface area contributed by atoms with Crippen LogP contribution in [0.1, 0.15) is 32.8 Å². The molecular formula is C15H22O4. The highest BCUT2D eigenvalue weighted by Gasteiger charge is 2.06. The van der Waals surface area contributed by atoms with Gasteiger partial charge in [0.1, 0.15) is 5.75 Å². The maximum Gasteiger partial charge on any atom is 0.344 e. The van der Waals surface area contributed by atoms with Gasteiger partial charge >= 0.3 is 5.97 Å². The molecule has 0 amide bonds. The molecule has 0 aliphatic carbocycles. The lowest BCUT2D eigenvalue weighted by molar-refractivity contribution is -0.149. The van der Waals surface area contributed by atoms with Gasteiger partial charge in [0.2, 0.25) is 0 Å². The molecule has 0 aliphatic rings. The topological polar surface area (TPSA) is 55.8 Å². The van der Waals surface area contributed by atoms with Crippen molar-refractivity contribution in [3.05, 3.63) is 29.8 Å². The van der Waals surface area contributed by atoms with Gasteiger partial charge in [0, 0.05) is 0 Å². The summed E-state index contributed by atoms with van der Waals surface area (Å²) in [6.45, 7) is 5.30. The first-order valence-electron chi connectivity index (χ1n) is 6.56. The van der Waals surface area contributed by atoms with E-state index in [1.165, 1.54) is 0 Å². The van der Waals surface area contributed by atoms with Crippen LogP contribution in [0.25, 0.3) is 0 Å². The molecule has 1 aromatic rings. The number of aryl methyl sites for hydroxylation is 1. The predicted molar refractivity (Wildman–Crippen MR) is 73.2 cm³/mol. The SMILES string of the molecule is CC(O)CCc1ccc(OCC(=O)OC(C)C)cc1. The Morgan fingerprint density at radius 1 is 1.21 bits per heavy atom. The number of hydrogen-bond acceptors (Lipinski definition) is 4. The van der Waals surface area contributed by atoms with Crippen LogP contribution in [0.5, 0.6) is 5.75 Å². The normalized spacial score (nSPS) is 12.3. The molecule has 0 saturated heterocycles. The van der Waals surface area contributed by atoms with Crippen LogP contribution in [0.3, 0.4) is 0 Å². The van der Waals surface area contributed by atoms with Crippen molar-refractivity contribution in [3.8, 4) is 5.75 Å². The summed E-state index contributed by atoms with van der Waals surface area (Å²) in [4.78, 5) is 11.3. The summed E-state index contributed by atoms with van der Waals surface area (Å²) in [5.41, 5.74) is 1.14. The Bertz CT molecular complexity index is 382. The van der Waals surface area contributed by atoms with Gasteiger partial charge < -0.3 is 14.6 Å². The molecule has 0 aromatic heterocycles. The van der Waals surface area contributed by atoms with E-state index in [0.29, 0.717) is 5.75 Å². The second kappa shape index (κ2) is 7.79. The maximum absolute atomic E-state index is 11.3. The molecule has 0 radical (unpaired) electrons. The monoisotopic (exact) mass is 266 g/mol. The molecule has 19 heavy (non-hydrogen) atoms. The van der Waals surface area contributed by atoms with Crippen LogP contribution in [-0.4, -0.2) is 29.9 Å². The van der Waals surface area contributed by atoms with E-state index in [1.54, 1.807) is 20.8 Å². The Kier molecular flexibility index (Phi) is 6.36. The summed E-state index contributed by atoms with van der Waals surface area (Å²) in [5, 5.41) is 9.21. The van der Waals surface area contributed by atoms with Crippen molar-refractivity contribution in [2.24, 2.45) is 0 Å². The number of esters is 1. The molecule has 0 fully saturated rings. The van der Waals surface area contributed by atoms with Crippen LogP contribution in [0, 0.1) is 0 Å². The molecule has 1 rings (SSSR count). The molecule has 0 saturated carbocycles. The van der Waals surface area contributed by atoms with E-state index in [9.17, 15) is 9.90 Å². The Labute approximate surface area is 114 Å². The first-order chi connectivity index (χ1) is 8.97. The summed E-state index contributed by atoms with van der Waals surface area (Å²) in [6.07, 6.45) is 1.15. The van der Waals surface area contributed by atoms with E-state index in [0.717, 1.165) is 18.4 Å². The van der Waals surface area contributed by atoms with Crippen molar-refractivity contribution >= 4 is 5.97 Å². The highest BCUT2D eigenvalue weighted by molar-refractivity contribution is 5.71. The molecule has 0 heterocycles. The summed E-state index contributed by atoms with van der Waals surface area (Å²) in [6, 6.07) is 7.51. The largest absolute Gasteiger partial charge is 0.482 e. The second-order valence-corrected chi connectivity index (χ2v) is 4.86. The summed E-state index contributed by atoms with van der Waals surface area (Å²) in [7, 11) is 0. The molecule has 1 N–H and O–H groups in total. The quantitative estimate of drug-likeness (QED) is 0.770. The average molecular weight is 266 g/mol. The van der Waals surface area contributed by atoms with Crippen molar-refractivity contribution in [1.29, 1.82) is 0 Å². The van der Waals surface area contributed by atoms with E-state index in [-0.39, 0.29) is 24.8 Å². The zero-order chi connectivity index (χ0) is 14.3. The molecule has 4 nitrogen and oxygen atoms in total. The van der Waals surface area contributed by atoms with Crippen molar-refractivity contribution in [1.82, 2.24) is 0 Å². The molecule has 106 valence electrons. The minimum absolute atomic E-state index is 0.0782. The van der Waals surface area contributed by atoms with E-state index < -0.39 is 0 Å². The van der Waals surface area contributed by atoms with Gasteiger partial charge in [0.15, 0.2) is 6.61 Å².